The van der Waals surface area contributed by atoms with Gasteiger partial charge in [-0.1, -0.05) is 17.0 Å². The summed E-state index contributed by atoms with van der Waals surface area (Å²) in [6, 6.07) is 3.52. The van der Waals surface area contributed by atoms with E-state index in [1.165, 1.54) is 11.3 Å². The van der Waals surface area contributed by atoms with Crippen molar-refractivity contribution in [3.05, 3.63) is 39.4 Å². The minimum atomic E-state index is -0.206. The second-order valence-corrected chi connectivity index (χ2v) is 5.25. The summed E-state index contributed by atoms with van der Waals surface area (Å²) in [5, 5.41) is 14.2. The third-order valence-corrected chi connectivity index (χ3v) is 3.47. The van der Waals surface area contributed by atoms with Crippen LogP contribution < -0.4 is 0 Å². The molecular weight excluding hydrogens is 276 g/mol. The van der Waals surface area contributed by atoms with Crippen LogP contribution in [0.5, 0.6) is 0 Å². The number of nitrogens with zero attached hydrogens (tertiary/aromatic N) is 2. The van der Waals surface area contributed by atoms with Crippen molar-refractivity contribution < 1.29 is 14.4 Å². The van der Waals surface area contributed by atoms with Gasteiger partial charge < -0.3 is 14.5 Å². The van der Waals surface area contributed by atoms with Crippen molar-refractivity contribution in [2.24, 2.45) is 0 Å². The fraction of sp³-hybridized carbons (Fsp3) is 0.286. The van der Waals surface area contributed by atoms with Crippen molar-refractivity contribution in [2.45, 2.75) is 13.5 Å². The molecule has 2 aromatic rings. The van der Waals surface area contributed by atoms with Gasteiger partial charge in [0.15, 0.2) is 0 Å². The van der Waals surface area contributed by atoms with E-state index in [1.807, 2.05) is 11.4 Å². The van der Waals surface area contributed by atoms with Crippen LogP contribution in [0.4, 0.5) is 0 Å². The zero-order valence-corrected chi connectivity index (χ0v) is 12.0. The zero-order chi connectivity index (χ0) is 14.5. The van der Waals surface area contributed by atoms with Gasteiger partial charge in [0, 0.05) is 28.9 Å². The van der Waals surface area contributed by atoms with Gasteiger partial charge in [-0.3, -0.25) is 4.79 Å². The molecule has 0 spiro atoms. The predicted octanol–water partition coefficient (Wildman–Crippen LogP) is 1.66. The number of hydrogen-bond donors (Lipinski definition) is 1. The molecule has 20 heavy (non-hydrogen) atoms. The topological polar surface area (TPSA) is 66.6 Å². The van der Waals surface area contributed by atoms with E-state index in [9.17, 15) is 4.79 Å². The summed E-state index contributed by atoms with van der Waals surface area (Å²) >= 11 is 1.52. The number of aliphatic hydroxyl groups excluding tert-OH is 1. The van der Waals surface area contributed by atoms with E-state index in [0.29, 0.717) is 12.2 Å². The van der Waals surface area contributed by atoms with Crippen molar-refractivity contribution in [1.82, 2.24) is 10.1 Å². The maximum atomic E-state index is 12.1. The van der Waals surface area contributed by atoms with Gasteiger partial charge in [0.25, 0.3) is 5.91 Å². The normalized spacial score (nSPS) is 9.95. The van der Waals surface area contributed by atoms with Crippen LogP contribution in [-0.2, 0) is 6.54 Å². The zero-order valence-electron chi connectivity index (χ0n) is 11.2. The summed E-state index contributed by atoms with van der Waals surface area (Å²) in [5.41, 5.74) is 1.52. The standard InChI is InChI=1S/C14H14N2O3S/c1-10-6-13(19-15-10)14(18)16(2)8-12-7-11(9-20-12)4-3-5-17/h6-7,9,17H,5,8H2,1-2H3. The fourth-order valence-electron chi connectivity index (χ4n) is 1.63. The minimum absolute atomic E-state index is 0.158. The third-order valence-electron chi connectivity index (χ3n) is 2.54. The van der Waals surface area contributed by atoms with E-state index in [2.05, 4.69) is 17.0 Å². The number of aliphatic hydroxyl groups is 1. The first kappa shape index (κ1) is 14.3. The molecule has 0 unspecified atom stereocenters. The van der Waals surface area contributed by atoms with Crippen LogP contribution >= 0.6 is 11.3 Å². The molecule has 0 fully saturated rings. The van der Waals surface area contributed by atoms with Gasteiger partial charge in [-0.05, 0) is 13.0 Å². The lowest BCUT2D eigenvalue weighted by atomic mass is 10.3. The molecule has 0 aliphatic carbocycles. The highest BCUT2D eigenvalue weighted by molar-refractivity contribution is 7.10. The van der Waals surface area contributed by atoms with Gasteiger partial charge in [0.2, 0.25) is 5.76 Å². The van der Waals surface area contributed by atoms with Crippen LogP contribution in [0.3, 0.4) is 0 Å². The van der Waals surface area contributed by atoms with Crippen LogP contribution in [0.25, 0.3) is 0 Å². The van der Waals surface area contributed by atoms with Gasteiger partial charge >= 0.3 is 0 Å². The highest BCUT2D eigenvalue weighted by atomic mass is 32.1. The number of carbonyl (C=O) groups is 1. The van der Waals surface area contributed by atoms with Gasteiger partial charge in [-0.25, -0.2) is 0 Å². The molecular formula is C14H14N2O3S. The maximum absolute atomic E-state index is 12.1. The Bertz CT molecular complexity index is 663. The Kier molecular flexibility index (Phi) is 4.56. The number of aryl methyl sites for hydroxylation is 1. The van der Waals surface area contributed by atoms with Crippen LogP contribution in [-0.4, -0.2) is 34.7 Å². The fourth-order valence-corrected chi connectivity index (χ4v) is 2.50. The highest BCUT2D eigenvalue weighted by Gasteiger charge is 2.17. The first-order valence-corrected chi connectivity index (χ1v) is 6.84. The SMILES string of the molecule is Cc1cc(C(=O)N(C)Cc2cc(C#CCO)cs2)on1. The van der Waals surface area contributed by atoms with Gasteiger partial charge in [0.05, 0.1) is 12.2 Å². The molecule has 0 saturated heterocycles. The van der Waals surface area contributed by atoms with Crippen LogP contribution in [0.15, 0.2) is 22.0 Å². The summed E-state index contributed by atoms with van der Waals surface area (Å²) in [6.45, 7) is 2.09. The molecule has 2 aromatic heterocycles. The van der Waals surface area contributed by atoms with Crippen molar-refractivity contribution >= 4 is 17.2 Å². The number of rotatable bonds is 3. The number of hydrogen-bond acceptors (Lipinski definition) is 5. The summed E-state index contributed by atoms with van der Waals surface area (Å²) in [6.07, 6.45) is 0. The molecule has 1 N–H and O–H groups in total. The van der Waals surface area contributed by atoms with Gasteiger partial charge in [-0.15, -0.1) is 11.3 Å². The lowest BCUT2D eigenvalue weighted by Gasteiger charge is -2.13. The molecule has 6 heteroatoms. The molecule has 1 amide bonds. The Hall–Kier alpha value is -2.10. The van der Waals surface area contributed by atoms with Crippen LogP contribution in [0, 0.1) is 18.8 Å². The summed E-state index contributed by atoms with van der Waals surface area (Å²) in [7, 11) is 1.71. The van der Waals surface area contributed by atoms with Crippen molar-refractivity contribution in [1.29, 1.82) is 0 Å². The maximum Gasteiger partial charge on any atom is 0.292 e. The molecule has 2 heterocycles. The molecule has 104 valence electrons. The molecule has 0 atom stereocenters. The minimum Gasteiger partial charge on any atom is -0.384 e. The van der Waals surface area contributed by atoms with Crippen molar-refractivity contribution in [3.8, 4) is 11.8 Å². The Balaban J connectivity index is 2.02. The molecule has 0 saturated carbocycles. The first-order valence-electron chi connectivity index (χ1n) is 5.96. The Morgan fingerprint density at radius 3 is 3.00 bits per heavy atom. The van der Waals surface area contributed by atoms with E-state index in [1.54, 1.807) is 24.9 Å². The van der Waals surface area contributed by atoms with Gasteiger partial charge in [0.1, 0.15) is 6.61 Å². The van der Waals surface area contributed by atoms with E-state index in [4.69, 9.17) is 9.63 Å². The van der Waals surface area contributed by atoms with Crippen LogP contribution in [0.2, 0.25) is 0 Å². The quantitative estimate of drug-likeness (QED) is 0.873. The van der Waals surface area contributed by atoms with Gasteiger partial charge in [-0.2, -0.15) is 0 Å². The number of amides is 1. The Labute approximate surface area is 120 Å². The van der Waals surface area contributed by atoms with E-state index in [-0.39, 0.29) is 18.3 Å². The largest absolute Gasteiger partial charge is 0.384 e. The second kappa shape index (κ2) is 6.37. The lowest BCUT2D eigenvalue weighted by Crippen LogP contribution is -2.25. The average molecular weight is 290 g/mol. The second-order valence-electron chi connectivity index (χ2n) is 4.26. The number of thiophene rings is 1. The summed E-state index contributed by atoms with van der Waals surface area (Å²) in [4.78, 5) is 14.7. The molecule has 5 nitrogen and oxygen atoms in total. The smallest absolute Gasteiger partial charge is 0.292 e. The Morgan fingerprint density at radius 1 is 1.55 bits per heavy atom. The molecule has 0 bridgehead atoms. The summed E-state index contributed by atoms with van der Waals surface area (Å²) < 4.78 is 4.96. The monoisotopic (exact) mass is 290 g/mol. The first-order chi connectivity index (χ1) is 9.60. The molecule has 0 aliphatic rings. The van der Waals surface area contributed by atoms with Crippen LogP contribution in [0.1, 0.15) is 26.7 Å². The van der Waals surface area contributed by atoms with Crippen molar-refractivity contribution in [2.75, 3.05) is 13.7 Å². The predicted molar refractivity (Wildman–Crippen MR) is 75.3 cm³/mol. The molecule has 0 aromatic carbocycles. The molecule has 2 rings (SSSR count). The highest BCUT2D eigenvalue weighted by Crippen LogP contribution is 2.17. The van der Waals surface area contributed by atoms with Crippen molar-refractivity contribution in [3.63, 3.8) is 0 Å². The van der Waals surface area contributed by atoms with E-state index < -0.39 is 0 Å². The molecule has 0 radical (unpaired) electrons. The molecule has 0 aliphatic heterocycles. The average Bonchev–Trinajstić information content (AvgIpc) is 3.04. The third kappa shape index (κ3) is 3.47. The number of carbonyl (C=O) groups excluding carboxylic acids is 1. The number of aromatic nitrogens is 1. The lowest BCUT2D eigenvalue weighted by molar-refractivity contribution is 0.0745. The Morgan fingerprint density at radius 2 is 2.35 bits per heavy atom. The van der Waals surface area contributed by atoms with E-state index in [0.717, 1.165) is 10.4 Å². The van der Waals surface area contributed by atoms with E-state index >= 15 is 0 Å². The summed E-state index contributed by atoms with van der Waals surface area (Å²) in [5.74, 6) is 5.45.